The largest absolute Gasteiger partial charge is 0.462 e. The van der Waals surface area contributed by atoms with Gasteiger partial charge < -0.3 is 9.64 Å². The average molecular weight is 440 g/mol. The monoisotopic (exact) mass is 439 g/mol. The second-order valence-corrected chi connectivity index (χ2v) is 7.31. The quantitative estimate of drug-likeness (QED) is 0.481. The molecule has 0 saturated carbocycles. The maximum absolute atomic E-state index is 13.2. The van der Waals surface area contributed by atoms with Crippen molar-refractivity contribution >= 4 is 33.9 Å². The Kier molecular flexibility index (Phi) is 6.47. The minimum absolute atomic E-state index is 0.174. The zero-order valence-electron chi connectivity index (χ0n) is 15.9. The van der Waals surface area contributed by atoms with Gasteiger partial charge in [0.15, 0.2) is 0 Å². The molecule has 0 fully saturated rings. The van der Waals surface area contributed by atoms with Crippen molar-refractivity contribution in [1.29, 1.82) is 0 Å². The fraction of sp³-hybridized carbons (Fsp3) is 0.217. The number of hydrogen-bond acceptors (Lipinski definition) is 3. The summed E-state index contributed by atoms with van der Waals surface area (Å²) in [5.74, 6) is -0.638. The van der Waals surface area contributed by atoms with Gasteiger partial charge in [0.25, 0.3) is 5.91 Å². The second kappa shape index (κ2) is 9.02. The van der Waals surface area contributed by atoms with E-state index in [1.165, 1.54) is 0 Å². The summed E-state index contributed by atoms with van der Waals surface area (Å²) in [6.07, 6.45) is 2.47. The summed E-state index contributed by atoms with van der Waals surface area (Å²) in [6.45, 7) is 4.33. The second-order valence-electron chi connectivity index (χ2n) is 6.45. The fourth-order valence-corrected chi connectivity index (χ4v) is 3.63. The predicted octanol–water partition coefficient (Wildman–Crippen LogP) is 4.75. The van der Waals surface area contributed by atoms with Gasteiger partial charge in [0.1, 0.15) is 0 Å². The zero-order valence-corrected chi connectivity index (χ0v) is 17.5. The summed E-state index contributed by atoms with van der Waals surface area (Å²) in [5, 5.41) is 0. The first-order valence-electron chi connectivity index (χ1n) is 9.23. The van der Waals surface area contributed by atoms with Crippen molar-refractivity contribution in [1.82, 2.24) is 4.90 Å². The van der Waals surface area contributed by atoms with E-state index in [2.05, 4.69) is 15.9 Å². The Balaban J connectivity index is 1.96. The number of rotatable bonds is 6. The lowest BCUT2D eigenvalue weighted by Gasteiger charge is -2.17. The van der Waals surface area contributed by atoms with Crippen LogP contribution in [0.15, 0.2) is 75.9 Å². The molecule has 0 saturated heterocycles. The van der Waals surface area contributed by atoms with Gasteiger partial charge in [0.2, 0.25) is 0 Å². The molecular weight excluding hydrogens is 418 g/mol. The van der Waals surface area contributed by atoms with E-state index in [4.69, 9.17) is 4.74 Å². The van der Waals surface area contributed by atoms with Gasteiger partial charge in [-0.2, -0.15) is 0 Å². The lowest BCUT2D eigenvalue weighted by Crippen LogP contribution is -2.27. The van der Waals surface area contributed by atoms with Crippen molar-refractivity contribution in [2.45, 2.75) is 20.3 Å². The standard InChI is InChI=1S/C23H22BrNO3/c1-3-28-23(27)21-16(2)25(14-13-17-9-5-4-6-10-17)22(26)19(21)15-18-11-7-8-12-20(18)24/h4-12,15H,3,13-14H2,1-2H3/b19-15-. The molecule has 0 spiro atoms. The van der Waals surface area contributed by atoms with Crippen molar-refractivity contribution < 1.29 is 14.3 Å². The Hall–Kier alpha value is -2.66. The SMILES string of the molecule is CCOC(=O)C1=C(C)N(CCc2ccccc2)C(=O)/C1=C\c1ccccc1Br. The third-order valence-electron chi connectivity index (χ3n) is 4.66. The Morgan fingerprint density at radius 1 is 1.11 bits per heavy atom. The van der Waals surface area contributed by atoms with Gasteiger partial charge in [0, 0.05) is 16.7 Å². The number of allylic oxidation sites excluding steroid dienone is 1. The van der Waals surface area contributed by atoms with Crippen LogP contribution in [0, 0.1) is 0 Å². The molecule has 2 aromatic carbocycles. The summed E-state index contributed by atoms with van der Waals surface area (Å²) in [5.41, 5.74) is 3.33. The molecule has 0 unspecified atom stereocenters. The van der Waals surface area contributed by atoms with Crippen LogP contribution in [0.1, 0.15) is 25.0 Å². The van der Waals surface area contributed by atoms with Crippen LogP contribution < -0.4 is 0 Å². The average Bonchev–Trinajstić information content (AvgIpc) is 2.92. The van der Waals surface area contributed by atoms with Crippen molar-refractivity contribution in [3.8, 4) is 0 Å². The normalized spacial score (nSPS) is 15.5. The molecule has 0 aliphatic carbocycles. The van der Waals surface area contributed by atoms with Gasteiger partial charge in [0.05, 0.1) is 17.8 Å². The molecule has 1 heterocycles. The molecule has 5 heteroatoms. The first kappa shape index (κ1) is 20.1. The van der Waals surface area contributed by atoms with E-state index in [1.54, 1.807) is 24.8 Å². The van der Waals surface area contributed by atoms with Gasteiger partial charge in [-0.3, -0.25) is 4.79 Å². The highest BCUT2D eigenvalue weighted by Crippen LogP contribution is 2.33. The Bertz CT molecular complexity index is 947. The highest BCUT2D eigenvalue weighted by molar-refractivity contribution is 9.10. The molecule has 0 atom stereocenters. The van der Waals surface area contributed by atoms with Crippen LogP contribution in [-0.2, 0) is 20.7 Å². The summed E-state index contributed by atoms with van der Waals surface area (Å²) in [6, 6.07) is 17.6. The third kappa shape index (κ3) is 4.25. The Labute approximate surface area is 173 Å². The molecule has 0 radical (unpaired) electrons. The van der Waals surface area contributed by atoms with Crippen molar-refractivity contribution in [3.63, 3.8) is 0 Å². The van der Waals surface area contributed by atoms with Gasteiger partial charge in [-0.15, -0.1) is 0 Å². The van der Waals surface area contributed by atoms with Crippen LogP contribution in [0.4, 0.5) is 0 Å². The number of carbonyl (C=O) groups excluding carboxylic acids is 2. The zero-order chi connectivity index (χ0) is 20.1. The van der Waals surface area contributed by atoms with Crippen LogP contribution in [-0.4, -0.2) is 29.9 Å². The van der Waals surface area contributed by atoms with E-state index in [-0.39, 0.29) is 12.5 Å². The van der Waals surface area contributed by atoms with Gasteiger partial charge >= 0.3 is 5.97 Å². The highest BCUT2D eigenvalue weighted by atomic mass is 79.9. The predicted molar refractivity (Wildman–Crippen MR) is 113 cm³/mol. The Morgan fingerprint density at radius 2 is 1.79 bits per heavy atom. The minimum atomic E-state index is -0.464. The third-order valence-corrected chi connectivity index (χ3v) is 5.39. The lowest BCUT2D eigenvalue weighted by atomic mass is 10.0. The summed E-state index contributed by atoms with van der Waals surface area (Å²) in [7, 11) is 0. The number of carbonyl (C=O) groups is 2. The molecule has 1 aliphatic heterocycles. The van der Waals surface area contributed by atoms with Crippen LogP contribution in [0.5, 0.6) is 0 Å². The first-order chi connectivity index (χ1) is 13.5. The molecule has 2 aromatic rings. The number of hydrogen-bond donors (Lipinski definition) is 0. The molecule has 3 rings (SSSR count). The number of ether oxygens (including phenoxy) is 1. The molecule has 1 aliphatic rings. The van der Waals surface area contributed by atoms with Crippen LogP contribution in [0.3, 0.4) is 0 Å². The van der Waals surface area contributed by atoms with Crippen molar-refractivity contribution in [2.75, 3.05) is 13.2 Å². The van der Waals surface area contributed by atoms with E-state index in [9.17, 15) is 9.59 Å². The molecule has 4 nitrogen and oxygen atoms in total. The molecule has 0 aromatic heterocycles. The maximum Gasteiger partial charge on any atom is 0.340 e. The van der Waals surface area contributed by atoms with Gasteiger partial charge in [-0.1, -0.05) is 64.5 Å². The van der Waals surface area contributed by atoms with Crippen LogP contribution >= 0.6 is 15.9 Å². The Morgan fingerprint density at radius 3 is 2.46 bits per heavy atom. The molecule has 1 amide bonds. The topological polar surface area (TPSA) is 46.6 Å². The van der Waals surface area contributed by atoms with E-state index in [0.717, 1.165) is 15.6 Å². The number of amides is 1. The molecular formula is C23H22BrNO3. The highest BCUT2D eigenvalue weighted by Gasteiger charge is 2.37. The van der Waals surface area contributed by atoms with E-state index >= 15 is 0 Å². The first-order valence-corrected chi connectivity index (χ1v) is 10.0. The van der Waals surface area contributed by atoms with E-state index in [1.807, 2.05) is 54.6 Å². The summed E-state index contributed by atoms with van der Waals surface area (Å²) in [4.78, 5) is 27.4. The number of halogens is 1. The maximum atomic E-state index is 13.2. The summed E-state index contributed by atoms with van der Waals surface area (Å²) < 4.78 is 6.09. The molecule has 144 valence electrons. The fourth-order valence-electron chi connectivity index (χ4n) is 3.23. The smallest absolute Gasteiger partial charge is 0.340 e. The van der Waals surface area contributed by atoms with Crippen LogP contribution in [0.25, 0.3) is 6.08 Å². The number of benzene rings is 2. The van der Waals surface area contributed by atoms with Gasteiger partial charge in [-0.05, 0) is 43.5 Å². The van der Waals surface area contributed by atoms with Gasteiger partial charge in [-0.25, -0.2) is 4.79 Å². The van der Waals surface area contributed by atoms with Crippen molar-refractivity contribution in [2.24, 2.45) is 0 Å². The number of esters is 1. The molecule has 28 heavy (non-hydrogen) atoms. The van der Waals surface area contributed by atoms with E-state index < -0.39 is 5.97 Å². The lowest BCUT2D eigenvalue weighted by molar-refractivity contribution is -0.138. The summed E-state index contributed by atoms with van der Waals surface area (Å²) >= 11 is 3.50. The minimum Gasteiger partial charge on any atom is -0.462 e. The van der Waals surface area contributed by atoms with Crippen LogP contribution in [0.2, 0.25) is 0 Å². The van der Waals surface area contributed by atoms with Crippen molar-refractivity contribution in [3.05, 3.63) is 87.0 Å². The molecule has 0 bridgehead atoms. The van der Waals surface area contributed by atoms with E-state index in [0.29, 0.717) is 29.8 Å². The molecule has 0 N–H and O–H groups in total. The number of nitrogens with zero attached hydrogens (tertiary/aromatic N) is 1.